The molecule has 0 N–H and O–H groups in total. The normalized spacial score (nSPS) is 15.3. The van der Waals surface area contributed by atoms with Crippen molar-refractivity contribution in [2.24, 2.45) is 0 Å². The first-order valence-corrected chi connectivity index (χ1v) is 8.98. The van der Waals surface area contributed by atoms with Crippen molar-refractivity contribution < 1.29 is 8.42 Å². The highest BCUT2D eigenvalue weighted by Gasteiger charge is 2.24. The minimum atomic E-state index is -3.02. The van der Waals surface area contributed by atoms with Crippen LogP contribution in [-0.4, -0.2) is 13.4 Å². The molecule has 0 saturated heterocycles. The molecule has 0 radical (unpaired) electrons. The van der Waals surface area contributed by atoms with Crippen molar-refractivity contribution >= 4 is 20.6 Å². The van der Waals surface area contributed by atoms with Crippen LogP contribution in [0.25, 0.3) is 21.9 Å². The van der Waals surface area contributed by atoms with Crippen molar-refractivity contribution in [1.29, 1.82) is 5.26 Å². The molecule has 3 aromatic rings. The van der Waals surface area contributed by atoms with Gasteiger partial charge in [-0.05, 0) is 40.3 Å². The summed E-state index contributed by atoms with van der Waals surface area (Å²) in [6.07, 6.45) is 3.52. The summed E-state index contributed by atoms with van der Waals surface area (Å²) in [5, 5.41) is 11.0. The fourth-order valence-electron chi connectivity index (χ4n) is 3.06. The fraction of sp³-hybridized carbons (Fsp3) is 0.111. The van der Waals surface area contributed by atoms with Crippen LogP contribution in [0.5, 0.6) is 0 Å². The Morgan fingerprint density at radius 3 is 2.65 bits per heavy atom. The Labute approximate surface area is 133 Å². The molecule has 0 unspecified atom stereocenters. The van der Waals surface area contributed by atoms with E-state index in [2.05, 4.69) is 11.1 Å². The van der Waals surface area contributed by atoms with Gasteiger partial charge in [0.1, 0.15) is 0 Å². The minimum Gasteiger partial charge on any atom is -0.263 e. The maximum atomic E-state index is 11.8. The molecule has 0 atom stereocenters. The second-order valence-electron chi connectivity index (χ2n) is 5.75. The van der Waals surface area contributed by atoms with E-state index < -0.39 is 9.84 Å². The smallest absolute Gasteiger partial charge is 0.158 e. The Morgan fingerprint density at radius 1 is 1.00 bits per heavy atom. The number of aromatic nitrogens is 1. The van der Waals surface area contributed by atoms with E-state index in [0.717, 1.165) is 33.0 Å². The number of nitriles is 1. The molecule has 2 aromatic carbocycles. The van der Waals surface area contributed by atoms with E-state index in [1.54, 1.807) is 18.5 Å². The molecule has 4 nitrogen and oxygen atoms in total. The number of fused-ring (bicyclic) bond motifs is 2. The van der Waals surface area contributed by atoms with Gasteiger partial charge < -0.3 is 0 Å². The Bertz CT molecular complexity index is 1100. The third kappa shape index (κ3) is 2.37. The number of rotatable bonds is 1. The highest BCUT2D eigenvalue weighted by molar-refractivity contribution is 7.90. The number of benzene rings is 2. The van der Waals surface area contributed by atoms with Gasteiger partial charge in [-0.3, -0.25) is 4.98 Å². The predicted molar refractivity (Wildman–Crippen MR) is 88.2 cm³/mol. The second-order valence-corrected chi connectivity index (χ2v) is 7.82. The van der Waals surface area contributed by atoms with Gasteiger partial charge in [0.05, 0.1) is 23.1 Å². The summed E-state index contributed by atoms with van der Waals surface area (Å²) in [6.45, 7) is 0. The highest BCUT2D eigenvalue weighted by Crippen LogP contribution is 2.33. The second kappa shape index (κ2) is 4.90. The zero-order valence-electron chi connectivity index (χ0n) is 12.2. The Hall–Kier alpha value is -2.71. The molecule has 0 amide bonds. The summed E-state index contributed by atoms with van der Waals surface area (Å²) in [7, 11) is -3.02. The van der Waals surface area contributed by atoms with Gasteiger partial charge in [-0.1, -0.05) is 18.2 Å². The minimum absolute atomic E-state index is 0.0951. The summed E-state index contributed by atoms with van der Waals surface area (Å²) in [5.41, 5.74) is 4.16. The van der Waals surface area contributed by atoms with Crippen LogP contribution in [0.2, 0.25) is 0 Å². The molecule has 2 heterocycles. The molecule has 112 valence electrons. The molecule has 0 bridgehead atoms. The molecule has 1 aliphatic rings. The predicted octanol–water partition coefficient (Wildman–Crippen LogP) is 3.20. The van der Waals surface area contributed by atoms with Crippen LogP contribution < -0.4 is 0 Å². The van der Waals surface area contributed by atoms with Crippen molar-refractivity contribution in [2.75, 3.05) is 0 Å². The maximum Gasteiger partial charge on any atom is 0.158 e. The van der Waals surface area contributed by atoms with Crippen molar-refractivity contribution in [3.8, 4) is 17.2 Å². The van der Waals surface area contributed by atoms with Crippen LogP contribution in [0, 0.1) is 11.3 Å². The van der Waals surface area contributed by atoms with E-state index in [0.29, 0.717) is 5.56 Å². The SMILES string of the molecule is N#Cc1ccc2cncc(-c3ccc4c(c3)CS(=O)(=O)C4)c2c1. The van der Waals surface area contributed by atoms with Crippen LogP contribution in [0.4, 0.5) is 0 Å². The monoisotopic (exact) mass is 320 g/mol. The lowest BCUT2D eigenvalue weighted by Crippen LogP contribution is -1.95. The average Bonchev–Trinajstić information content (AvgIpc) is 2.86. The summed E-state index contributed by atoms with van der Waals surface area (Å²) < 4.78 is 23.6. The van der Waals surface area contributed by atoms with Crippen molar-refractivity contribution in [3.05, 3.63) is 65.5 Å². The van der Waals surface area contributed by atoms with Gasteiger partial charge in [-0.2, -0.15) is 5.26 Å². The first-order chi connectivity index (χ1) is 11.1. The maximum absolute atomic E-state index is 11.8. The number of hydrogen-bond donors (Lipinski definition) is 0. The summed E-state index contributed by atoms with van der Waals surface area (Å²) in [5.74, 6) is 0.215. The summed E-state index contributed by atoms with van der Waals surface area (Å²) in [4.78, 5) is 4.27. The molecule has 0 spiro atoms. The molecule has 23 heavy (non-hydrogen) atoms. The zero-order chi connectivity index (χ0) is 16.0. The van der Waals surface area contributed by atoms with E-state index in [1.807, 2.05) is 30.3 Å². The number of nitrogens with zero attached hydrogens (tertiary/aromatic N) is 2. The number of hydrogen-bond acceptors (Lipinski definition) is 4. The lowest BCUT2D eigenvalue weighted by Gasteiger charge is -2.08. The van der Waals surface area contributed by atoms with Crippen molar-refractivity contribution in [2.45, 2.75) is 11.5 Å². The molecule has 1 aromatic heterocycles. The first-order valence-electron chi connectivity index (χ1n) is 7.16. The Kier molecular flexibility index (Phi) is 2.97. The molecular weight excluding hydrogens is 308 g/mol. The number of sulfone groups is 1. The Balaban J connectivity index is 1.93. The third-order valence-corrected chi connectivity index (χ3v) is 5.66. The van der Waals surface area contributed by atoms with Crippen molar-refractivity contribution in [1.82, 2.24) is 4.98 Å². The van der Waals surface area contributed by atoms with E-state index in [4.69, 9.17) is 5.26 Å². The van der Waals surface area contributed by atoms with Gasteiger partial charge >= 0.3 is 0 Å². The standard InChI is InChI=1S/C18H12N2O2S/c19-7-12-1-2-14-8-20-9-18(17(14)5-12)13-3-4-15-10-23(21,22)11-16(15)6-13/h1-6,8-9H,10-11H2. The molecule has 0 aliphatic carbocycles. The fourth-order valence-corrected chi connectivity index (χ4v) is 4.66. The van der Waals surface area contributed by atoms with Gasteiger partial charge in [0.15, 0.2) is 9.84 Å². The van der Waals surface area contributed by atoms with Gasteiger partial charge in [0.25, 0.3) is 0 Å². The van der Waals surface area contributed by atoms with Crippen LogP contribution in [0.1, 0.15) is 16.7 Å². The largest absolute Gasteiger partial charge is 0.263 e. The van der Waals surface area contributed by atoms with Crippen molar-refractivity contribution in [3.63, 3.8) is 0 Å². The summed E-state index contributed by atoms with van der Waals surface area (Å²) >= 11 is 0. The molecule has 0 saturated carbocycles. The van der Waals surface area contributed by atoms with E-state index in [-0.39, 0.29) is 11.5 Å². The van der Waals surface area contributed by atoms with Crippen LogP contribution in [0.15, 0.2) is 48.8 Å². The van der Waals surface area contributed by atoms with E-state index >= 15 is 0 Å². The van der Waals surface area contributed by atoms with Gasteiger partial charge in [0, 0.05) is 23.3 Å². The highest BCUT2D eigenvalue weighted by atomic mass is 32.2. The number of pyridine rings is 1. The molecular formula is C18H12N2O2S. The van der Waals surface area contributed by atoms with Crippen LogP contribution in [-0.2, 0) is 21.3 Å². The van der Waals surface area contributed by atoms with Crippen LogP contribution >= 0.6 is 0 Å². The third-order valence-electron chi connectivity index (χ3n) is 4.16. The van der Waals surface area contributed by atoms with E-state index in [9.17, 15) is 8.42 Å². The first kappa shape index (κ1) is 13.9. The average molecular weight is 320 g/mol. The molecule has 4 rings (SSSR count). The van der Waals surface area contributed by atoms with E-state index in [1.165, 1.54) is 0 Å². The topological polar surface area (TPSA) is 70.8 Å². The van der Waals surface area contributed by atoms with Gasteiger partial charge in [-0.15, -0.1) is 0 Å². The van der Waals surface area contributed by atoms with Gasteiger partial charge in [0.2, 0.25) is 0 Å². The lowest BCUT2D eigenvalue weighted by atomic mass is 9.97. The van der Waals surface area contributed by atoms with Gasteiger partial charge in [-0.25, -0.2) is 8.42 Å². The quantitative estimate of drug-likeness (QED) is 0.690. The zero-order valence-corrected chi connectivity index (χ0v) is 13.0. The Morgan fingerprint density at radius 2 is 1.83 bits per heavy atom. The molecule has 5 heteroatoms. The molecule has 0 fully saturated rings. The molecule has 1 aliphatic heterocycles. The summed E-state index contributed by atoms with van der Waals surface area (Å²) in [6, 6.07) is 13.4. The van der Waals surface area contributed by atoms with Crippen LogP contribution in [0.3, 0.4) is 0 Å². The lowest BCUT2D eigenvalue weighted by molar-refractivity contribution is 0.598.